The van der Waals surface area contributed by atoms with E-state index in [0.717, 1.165) is 44.2 Å². The highest BCUT2D eigenvalue weighted by Gasteiger charge is 2.43. The maximum absolute atomic E-state index is 15.9. The number of anilines is 1. The van der Waals surface area contributed by atoms with Gasteiger partial charge in [0.2, 0.25) is 0 Å². The van der Waals surface area contributed by atoms with Crippen LogP contribution in [0.2, 0.25) is 0 Å². The Morgan fingerprint density at radius 3 is 2.48 bits per heavy atom. The van der Waals surface area contributed by atoms with Gasteiger partial charge in [-0.3, -0.25) is 9.36 Å². The third-order valence-electron chi connectivity index (χ3n) is 10.0. The summed E-state index contributed by atoms with van der Waals surface area (Å²) < 4.78 is 39.0. The monoisotopic (exact) mass is 604 g/mol. The summed E-state index contributed by atoms with van der Waals surface area (Å²) in [5.74, 6) is -3.08. The number of nitrogens with one attached hydrogen (secondary N) is 1. The fraction of sp³-hybridized carbons (Fsp3) is 0.588. The van der Waals surface area contributed by atoms with Crippen LogP contribution in [-0.2, 0) is 22.6 Å². The molecular formula is C34H42F2N6O2. The van der Waals surface area contributed by atoms with Crippen molar-refractivity contribution in [2.45, 2.75) is 88.6 Å². The molecule has 10 heteroatoms. The van der Waals surface area contributed by atoms with Crippen molar-refractivity contribution >= 4 is 16.9 Å². The van der Waals surface area contributed by atoms with Gasteiger partial charge in [0.05, 0.1) is 16.9 Å². The van der Waals surface area contributed by atoms with Crippen LogP contribution in [0.3, 0.4) is 0 Å². The minimum Gasteiger partial charge on any atom is -0.381 e. The average Bonchev–Trinajstić information content (AvgIpc) is 3.05. The standard InChI is InChI=1S/C34H42F2N6O2/c1-24-25-8-7-9-27(20-25)34(35,36)26-10-16-41(17-11-26)14-5-3-2-4-6-15-42-31-28(30(40-24)38-23-39-31)21-29(32(42)43)33(22-37)12-18-44-19-13-33/h7-9,20-21,23-24,26H,2-6,10-19H2,1H3,(H,38,39,40)/t24-/m1/s1. The molecule has 234 valence electrons. The molecule has 8 bridgehead atoms. The van der Waals surface area contributed by atoms with Crippen molar-refractivity contribution in [1.29, 1.82) is 5.26 Å². The first-order valence-corrected chi connectivity index (χ1v) is 16.2. The molecule has 44 heavy (non-hydrogen) atoms. The predicted molar refractivity (Wildman–Crippen MR) is 166 cm³/mol. The molecule has 2 saturated heterocycles. The molecule has 0 saturated carbocycles. The zero-order chi connectivity index (χ0) is 30.7. The van der Waals surface area contributed by atoms with Crippen molar-refractivity contribution in [3.63, 3.8) is 0 Å². The fourth-order valence-corrected chi connectivity index (χ4v) is 7.20. The number of fused-ring (bicyclic) bond motifs is 9. The molecule has 1 atom stereocenters. The van der Waals surface area contributed by atoms with Gasteiger partial charge in [0.15, 0.2) is 0 Å². The van der Waals surface area contributed by atoms with Crippen LogP contribution in [0.4, 0.5) is 14.6 Å². The number of hydrogen-bond donors (Lipinski definition) is 1. The molecule has 0 spiro atoms. The molecule has 2 fully saturated rings. The number of ether oxygens (including phenoxy) is 1. The molecule has 7 rings (SSSR count). The van der Waals surface area contributed by atoms with E-state index in [1.54, 1.807) is 28.8 Å². The van der Waals surface area contributed by atoms with Crippen LogP contribution >= 0.6 is 0 Å². The number of nitriles is 1. The first-order chi connectivity index (χ1) is 21.3. The summed E-state index contributed by atoms with van der Waals surface area (Å²) in [4.78, 5) is 25.5. The van der Waals surface area contributed by atoms with Crippen LogP contribution < -0.4 is 10.9 Å². The zero-order valence-electron chi connectivity index (χ0n) is 25.5. The van der Waals surface area contributed by atoms with Gasteiger partial charge in [0.1, 0.15) is 17.8 Å². The van der Waals surface area contributed by atoms with E-state index in [0.29, 0.717) is 80.9 Å². The van der Waals surface area contributed by atoms with Gasteiger partial charge in [-0.15, -0.1) is 0 Å². The summed E-state index contributed by atoms with van der Waals surface area (Å²) in [6.45, 7) is 5.59. The second-order valence-electron chi connectivity index (χ2n) is 12.8. The van der Waals surface area contributed by atoms with Gasteiger partial charge >= 0.3 is 0 Å². The number of halogens is 2. The Labute approximate surface area is 257 Å². The molecule has 6 heterocycles. The Bertz CT molecular complexity index is 1570. The smallest absolute Gasteiger partial charge is 0.276 e. The van der Waals surface area contributed by atoms with E-state index in [1.807, 2.05) is 13.0 Å². The predicted octanol–water partition coefficient (Wildman–Crippen LogP) is 6.30. The Kier molecular flexibility index (Phi) is 8.97. The normalized spacial score (nSPS) is 25.9. The molecular weight excluding hydrogens is 562 g/mol. The van der Waals surface area contributed by atoms with Crippen LogP contribution in [0.15, 0.2) is 41.5 Å². The summed E-state index contributed by atoms with van der Waals surface area (Å²) >= 11 is 0. The van der Waals surface area contributed by atoms with Crippen LogP contribution in [-0.4, -0.2) is 52.3 Å². The molecule has 0 unspecified atom stereocenters. The lowest BCUT2D eigenvalue weighted by molar-refractivity contribution is -0.0855. The topological polar surface area (TPSA) is 96.1 Å². The number of aryl methyl sites for hydroxylation is 1. The van der Waals surface area contributed by atoms with Gasteiger partial charge in [-0.1, -0.05) is 37.5 Å². The highest BCUT2D eigenvalue weighted by Crippen LogP contribution is 2.42. The van der Waals surface area contributed by atoms with Crippen molar-refractivity contribution < 1.29 is 13.5 Å². The van der Waals surface area contributed by atoms with E-state index in [2.05, 4.69) is 26.3 Å². The highest BCUT2D eigenvalue weighted by atomic mass is 19.3. The van der Waals surface area contributed by atoms with E-state index >= 15 is 8.78 Å². The molecule has 4 aliphatic heterocycles. The summed E-state index contributed by atoms with van der Waals surface area (Å²) in [6.07, 6.45) is 8.22. The lowest BCUT2D eigenvalue weighted by atomic mass is 9.75. The lowest BCUT2D eigenvalue weighted by Crippen LogP contribution is -2.40. The second-order valence-corrected chi connectivity index (χ2v) is 12.8. The largest absolute Gasteiger partial charge is 0.381 e. The summed E-state index contributed by atoms with van der Waals surface area (Å²) in [6, 6.07) is 10.6. The summed E-state index contributed by atoms with van der Waals surface area (Å²) in [5.41, 5.74) is 0.599. The summed E-state index contributed by atoms with van der Waals surface area (Å²) in [7, 11) is 0. The molecule has 3 aromatic rings. The molecule has 2 aromatic heterocycles. The Balaban J connectivity index is 1.42. The number of benzene rings is 1. The number of piperidine rings is 1. The molecule has 0 radical (unpaired) electrons. The van der Waals surface area contributed by atoms with Gasteiger partial charge in [0.25, 0.3) is 11.5 Å². The maximum Gasteiger partial charge on any atom is 0.276 e. The van der Waals surface area contributed by atoms with E-state index in [1.165, 1.54) is 6.33 Å². The fourth-order valence-electron chi connectivity index (χ4n) is 7.20. The molecule has 0 aliphatic carbocycles. The molecule has 8 nitrogen and oxygen atoms in total. The van der Waals surface area contributed by atoms with Gasteiger partial charge in [-0.25, -0.2) is 18.7 Å². The number of alkyl halides is 2. The molecule has 4 aliphatic rings. The maximum atomic E-state index is 15.9. The van der Waals surface area contributed by atoms with Crippen LogP contribution in [0, 0.1) is 17.2 Å². The highest BCUT2D eigenvalue weighted by molar-refractivity contribution is 5.87. The Morgan fingerprint density at radius 1 is 1.00 bits per heavy atom. The number of rotatable bonds is 1. The quantitative estimate of drug-likeness (QED) is 0.348. The number of hydrogen-bond acceptors (Lipinski definition) is 7. The van der Waals surface area contributed by atoms with E-state index in [-0.39, 0.29) is 17.2 Å². The van der Waals surface area contributed by atoms with Crippen LogP contribution in [0.1, 0.15) is 87.4 Å². The van der Waals surface area contributed by atoms with E-state index in [9.17, 15) is 10.1 Å². The van der Waals surface area contributed by atoms with Gasteiger partial charge in [-0.05, 0) is 82.8 Å². The Morgan fingerprint density at radius 2 is 1.73 bits per heavy atom. The van der Waals surface area contributed by atoms with Crippen molar-refractivity contribution in [2.75, 3.05) is 38.2 Å². The first kappa shape index (κ1) is 30.6. The minimum atomic E-state index is -2.91. The molecule has 1 aromatic carbocycles. The zero-order valence-corrected chi connectivity index (χ0v) is 25.5. The third kappa shape index (κ3) is 5.96. The first-order valence-electron chi connectivity index (χ1n) is 16.2. The number of aromatic nitrogens is 3. The second kappa shape index (κ2) is 12.9. The lowest BCUT2D eigenvalue weighted by Gasteiger charge is -2.36. The van der Waals surface area contributed by atoms with Gasteiger partial charge < -0.3 is 15.0 Å². The van der Waals surface area contributed by atoms with Crippen molar-refractivity contribution in [1.82, 2.24) is 19.4 Å². The molecule has 1 N–H and O–H groups in total. The Hall–Kier alpha value is -3.42. The summed E-state index contributed by atoms with van der Waals surface area (Å²) in [5, 5.41) is 14.4. The van der Waals surface area contributed by atoms with Gasteiger partial charge in [0, 0.05) is 42.8 Å². The number of nitrogens with zero attached hydrogens (tertiary/aromatic N) is 5. The van der Waals surface area contributed by atoms with E-state index < -0.39 is 17.3 Å². The van der Waals surface area contributed by atoms with Crippen LogP contribution in [0.25, 0.3) is 11.0 Å². The molecule has 0 amide bonds. The SMILES string of the molecule is C[C@H]1Nc2ncnc3c2cc(C2(C#N)CCOCC2)c(=O)n3CCCCCCCN2CCC(CC2)C(F)(F)c2cccc1c2. The third-order valence-corrected chi connectivity index (χ3v) is 10.0. The van der Waals surface area contributed by atoms with Crippen molar-refractivity contribution in [3.8, 4) is 6.07 Å². The van der Waals surface area contributed by atoms with Crippen molar-refractivity contribution in [2.24, 2.45) is 5.92 Å². The van der Waals surface area contributed by atoms with Crippen molar-refractivity contribution in [3.05, 3.63) is 63.7 Å². The number of pyridine rings is 1. The van der Waals surface area contributed by atoms with Gasteiger partial charge in [-0.2, -0.15) is 5.26 Å². The minimum absolute atomic E-state index is 0.0483. The van der Waals surface area contributed by atoms with Crippen LogP contribution in [0.5, 0.6) is 0 Å². The van der Waals surface area contributed by atoms with E-state index in [4.69, 9.17) is 4.74 Å². The average molecular weight is 605 g/mol.